The van der Waals surface area contributed by atoms with Gasteiger partial charge in [0.25, 0.3) is 0 Å². The van der Waals surface area contributed by atoms with E-state index in [9.17, 15) is 0 Å². The van der Waals surface area contributed by atoms with Gasteiger partial charge in [-0.1, -0.05) is 37.0 Å². The number of nitrogens with zero attached hydrogens (tertiary/aromatic N) is 1. The summed E-state index contributed by atoms with van der Waals surface area (Å²) in [7, 11) is 0. The van der Waals surface area contributed by atoms with Crippen LogP contribution in [0.3, 0.4) is 0 Å². The Kier molecular flexibility index (Phi) is 4.96. The van der Waals surface area contributed by atoms with E-state index in [0.29, 0.717) is 6.61 Å². The van der Waals surface area contributed by atoms with Crippen molar-refractivity contribution >= 4 is 26.7 Å². The maximum atomic E-state index is 5.54. The first-order valence-electron chi connectivity index (χ1n) is 8.12. The molecule has 0 aliphatic heterocycles. The Hall–Kier alpha value is -1.29. The summed E-state index contributed by atoms with van der Waals surface area (Å²) in [4.78, 5) is 4.64. The first kappa shape index (κ1) is 14.6. The summed E-state index contributed by atoms with van der Waals surface area (Å²) in [6.07, 6.45) is 8.40. The summed E-state index contributed by atoms with van der Waals surface area (Å²) in [6.45, 7) is 3.75. The van der Waals surface area contributed by atoms with Crippen molar-refractivity contribution in [3.8, 4) is 5.75 Å². The van der Waals surface area contributed by atoms with Crippen molar-refractivity contribution in [2.45, 2.75) is 45.4 Å². The van der Waals surface area contributed by atoms with Crippen LogP contribution in [0.1, 0.15) is 45.4 Å². The van der Waals surface area contributed by atoms with Crippen molar-refractivity contribution in [3.05, 3.63) is 18.2 Å². The average Bonchev–Trinajstić information content (AvgIpc) is 3.12. The van der Waals surface area contributed by atoms with E-state index >= 15 is 0 Å². The van der Waals surface area contributed by atoms with Crippen LogP contribution in [0.5, 0.6) is 5.75 Å². The molecule has 0 radical (unpaired) electrons. The number of fused-ring (bicyclic) bond motifs is 1. The number of nitrogens with one attached hydrogen (secondary N) is 1. The Balaban J connectivity index is 1.51. The molecule has 1 saturated carbocycles. The van der Waals surface area contributed by atoms with E-state index < -0.39 is 0 Å². The highest BCUT2D eigenvalue weighted by atomic mass is 32.1. The lowest BCUT2D eigenvalue weighted by Crippen LogP contribution is -2.03. The second-order valence-electron chi connectivity index (χ2n) is 5.80. The number of ether oxygens (including phenoxy) is 1. The smallest absolute Gasteiger partial charge is 0.183 e. The third kappa shape index (κ3) is 3.88. The normalized spacial score (nSPS) is 15.7. The van der Waals surface area contributed by atoms with Gasteiger partial charge in [-0.25, -0.2) is 4.98 Å². The minimum atomic E-state index is 0.705. The predicted molar refractivity (Wildman–Crippen MR) is 90.5 cm³/mol. The number of benzene rings is 1. The van der Waals surface area contributed by atoms with Crippen LogP contribution in [0.4, 0.5) is 5.13 Å². The molecule has 3 rings (SSSR count). The molecule has 1 aromatic carbocycles. The highest BCUT2D eigenvalue weighted by molar-refractivity contribution is 7.22. The van der Waals surface area contributed by atoms with Crippen LogP contribution in [-0.4, -0.2) is 18.1 Å². The molecule has 114 valence electrons. The van der Waals surface area contributed by atoms with Crippen molar-refractivity contribution in [1.29, 1.82) is 0 Å². The SMILES string of the molecule is CCOc1ccc2nc(NCCCC3CCCC3)sc2c1. The number of thiazole rings is 1. The molecule has 1 N–H and O–H groups in total. The van der Waals surface area contributed by atoms with Crippen molar-refractivity contribution in [2.75, 3.05) is 18.5 Å². The zero-order chi connectivity index (χ0) is 14.5. The fourth-order valence-electron chi connectivity index (χ4n) is 3.12. The molecule has 4 heteroatoms. The molecule has 1 fully saturated rings. The topological polar surface area (TPSA) is 34.1 Å². The van der Waals surface area contributed by atoms with E-state index in [0.717, 1.165) is 28.9 Å². The van der Waals surface area contributed by atoms with Crippen LogP contribution in [0.15, 0.2) is 18.2 Å². The summed E-state index contributed by atoms with van der Waals surface area (Å²) < 4.78 is 6.73. The molecular weight excluding hydrogens is 280 g/mol. The highest BCUT2D eigenvalue weighted by Gasteiger charge is 2.14. The van der Waals surface area contributed by atoms with Gasteiger partial charge in [-0.15, -0.1) is 0 Å². The number of rotatable bonds is 7. The Morgan fingerprint density at radius 1 is 1.33 bits per heavy atom. The summed E-state index contributed by atoms with van der Waals surface area (Å²) in [5.41, 5.74) is 1.06. The van der Waals surface area contributed by atoms with Gasteiger partial charge in [0.1, 0.15) is 5.75 Å². The van der Waals surface area contributed by atoms with Gasteiger partial charge in [0.2, 0.25) is 0 Å². The number of aromatic nitrogens is 1. The van der Waals surface area contributed by atoms with Gasteiger partial charge >= 0.3 is 0 Å². The molecule has 0 atom stereocenters. The van der Waals surface area contributed by atoms with E-state index in [2.05, 4.69) is 16.4 Å². The van der Waals surface area contributed by atoms with Gasteiger partial charge in [0, 0.05) is 6.54 Å². The monoisotopic (exact) mass is 304 g/mol. The van der Waals surface area contributed by atoms with Crippen molar-refractivity contribution in [1.82, 2.24) is 4.98 Å². The number of hydrogen-bond donors (Lipinski definition) is 1. The standard InChI is InChI=1S/C17H24N2OS/c1-2-20-14-9-10-15-16(12-14)21-17(19-15)18-11-5-8-13-6-3-4-7-13/h9-10,12-13H,2-8,11H2,1H3,(H,18,19). The Bertz CT molecular complexity index is 575. The maximum absolute atomic E-state index is 5.54. The van der Waals surface area contributed by atoms with Crippen molar-refractivity contribution in [2.24, 2.45) is 5.92 Å². The van der Waals surface area contributed by atoms with Gasteiger partial charge < -0.3 is 10.1 Å². The molecular formula is C17H24N2OS. The van der Waals surface area contributed by atoms with Gasteiger partial charge in [0.05, 0.1) is 16.8 Å². The van der Waals surface area contributed by atoms with Gasteiger partial charge in [-0.2, -0.15) is 0 Å². The minimum absolute atomic E-state index is 0.705. The molecule has 1 heterocycles. The van der Waals surface area contributed by atoms with Crippen LogP contribution >= 0.6 is 11.3 Å². The summed E-state index contributed by atoms with van der Waals surface area (Å²) >= 11 is 1.72. The molecule has 0 amide bonds. The largest absolute Gasteiger partial charge is 0.494 e. The second-order valence-corrected chi connectivity index (χ2v) is 6.83. The first-order valence-corrected chi connectivity index (χ1v) is 8.94. The quantitative estimate of drug-likeness (QED) is 0.724. The fourth-order valence-corrected chi connectivity index (χ4v) is 4.04. The van der Waals surface area contributed by atoms with Crippen LogP contribution in [0.25, 0.3) is 10.2 Å². The zero-order valence-electron chi connectivity index (χ0n) is 12.7. The van der Waals surface area contributed by atoms with E-state index in [1.807, 2.05) is 19.1 Å². The molecule has 1 aliphatic rings. The maximum Gasteiger partial charge on any atom is 0.183 e. The summed E-state index contributed by atoms with van der Waals surface area (Å²) in [6, 6.07) is 6.12. The average molecular weight is 304 g/mol. The lowest BCUT2D eigenvalue weighted by molar-refractivity contribution is 0.341. The molecule has 0 spiro atoms. The molecule has 3 nitrogen and oxygen atoms in total. The molecule has 2 aromatic rings. The number of anilines is 1. The van der Waals surface area contributed by atoms with Gasteiger partial charge in [-0.05, 0) is 43.9 Å². The Labute approximate surface area is 130 Å². The van der Waals surface area contributed by atoms with Gasteiger partial charge in [0.15, 0.2) is 5.13 Å². The van der Waals surface area contributed by atoms with Crippen LogP contribution in [-0.2, 0) is 0 Å². The van der Waals surface area contributed by atoms with Crippen molar-refractivity contribution in [3.63, 3.8) is 0 Å². The predicted octanol–water partition coefficient (Wildman–Crippen LogP) is 5.08. The van der Waals surface area contributed by atoms with Crippen LogP contribution in [0, 0.1) is 5.92 Å². The second kappa shape index (κ2) is 7.12. The molecule has 0 unspecified atom stereocenters. The lowest BCUT2D eigenvalue weighted by Gasteiger charge is -2.08. The first-order chi connectivity index (χ1) is 10.3. The Morgan fingerprint density at radius 3 is 3.00 bits per heavy atom. The Morgan fingerprint density at radius 2 is 2.19 bits per heavy atom. The zero-order valence-corrected chi connectivity index (χ0v) is 13.5. The number of hydrogen-bond acceptors (Lipinski definition) is 4. The van der Waals surface area contributed by atoms with Crippen molar-refractivity contribution < 1.29 is 4.74 Å². The molecule has 0 saturated heterocycles. The third-order valence-electron chi connectivity index (χ3n) is 4.21. The molecule has 21 heavy (non-hydrogen) atoms. The van der Waals surface area contributed by atoms with E-state index in [1.165, 1.54) is 43.2 Å². The third-order valence-corrected chi connectivity index (χ3v) is 5.19. The lowest BCUT2D eigenvalue weighted by atomic mass is 10.0. The molecule has 1 aliphatic carbocycles. The van der Waals surface area contributed by atoms with E-state index in [1.54, 1.807) is 11.3 Å². The van der Waals surface area contributed by atoms with E-state index in [-0.39, 0.29) is 0 Å². The van der Waals surface area contributed by atoms with E-state index in [4.69, 9.17) is 4.74 Å². The van der Waals surface area contributed by atoms with Gasteiger partial charge in [-0.3, -0.25) is 0 Å². The van der Waals surface area contributed by atoms with Crippen LogP contribution < -0.4 is 10.1 Å². The fraction of sp³-hybridized carbons (Fsp3) is 0.588. The summed E-state index contributed by atoms with van der Waals surface area (Å²) in [5.74, 6) is 1.91. The highest BCUT2D eigenvalue weighted by Crippen LogP contribution is 2.30. The molecule has 0 bridgehead atoms. The molecule has 1 aromatic heterocycles. The van der Waals surface area contributed by atoms with Crippen LogP contribution in [0.2, 0.25) is 0 Å². The minimum Gasteiger partial charge on any atom is -0.494 e. The summed E-state index contributed by atoms with van der Waals surface area (Å²) in [5, 5.41) is 4.51.